The Balaban J connectivity index is 1.56. The van der Waals surface area contributed by atoms with Gasteiger partial charge in [0.1, 0.15) is 6.04 Å². The summed E-state index contributed by atoms with van der Waals surface area (Å²) in [5.74, 6) is 2.24. The molecule has 4 rings (SSSR count). The number of hydrogen-bond donors (Lipinski definition) is 1. The number of hydrogen-bond acceptors (Lipinski definition) is 2. The summed E-state index contributed by atoms with van der Waals surface area (Å²) < 4.78 is 0. The Labute approximate surface area is 113 Å². The fraction of sp³-hybridized carbons (Fsp3) is 0.867. The molecule has 4 fully saturated rings. The molecule has 2 amide bonds. The first-order valence-corrected chi connectivity index (χ1v) is 7.82. The van der Waals surface area contributed by atoms with Crippen LogP contribution in [0.1, 0.15) is 44.9 Å². The first-order chi connectivity index (χ1) is 9.22. The minimum absolute atomic E-state index is 0.0657. The lowest BCUT2D eigenvalue weighted by atomic mass is 9.93. The maximum atomic E-state index is 12.7. The molecule has 4 unspecified atom stereocenters. The lowest BCUT2D eigenvalue weighted by molar-refractivity contribution is -0.137. The molecule has 0 aromatic heterocycles. The standard InChI is InChI=1S/C15H22N2O2/c18-13-5-6-17(12-8-9-1-2-11(12)7-9)15(19)14(16-13)10-3-4-10/h9-12,14H,1-8H2,(H,16,18). The molecule has 1 heterocycles. The van der Waals surface area contributed by atoms with Crippen LogP contribution in [0.4, 0.5) is 0 Å². The first kappa shape index (κ1) is 11.7. The van der Waals surface area contributed by atoms with Crippen molar-refractivity contribution in [2.75, 3.05) is 6.54 Å². The molecule has 2 bridgehead atoms. The normalized spacial score (nSPS) is 42.4. The Bertz CT molecular complexity index is 418. The van der Waals surface area contributed by atoms with Gasteiger partial charge in [0.15, 0.2) is 0 Å². The summed E-state index contributed by atoms with van der Waals surface area (Å²) in [6.45, 7) is 0.641. The SMILES string of the molecule is O=C1CCN(C2CC3CCC2C3)C(=O)C(C2CC2)N1. The van der Waals surface area contributed by atoms with Crippen molar-refractivity contribution in [1.29, 1.82) is 0 Å². The number of carbonyl (C=O) groups excluding carboxylic acids is 2. The third-order valence-electron chi connectivity index (χ3n) is 5.64. The predicted octanol–water partition coefficient (Wildman–Crippen LogP) is 1.30. The summed E-state index contributed by atoms with van der Waals surface area (Å²) in [7, 11) is 0. The third-order valence-corrected chi connectivity index (χ3v) is 5.64. The minimum atomic E-state index is -0.214. The molecule has 0 radical (unpaired) electrons. The van der Waals surface area contributed by atoms with Gasteiger partial charge in [-0.2, -0.15) is 0 Å². The van der Waals surface area contributed by atoms with Gasteiger partial charge < -0.3 is 10.2 Å². The predicted molar refractivity (Wildman–Crippen MR) is 70.2 cm³/mol. The van der Waals surface area contributed by atoms with Crippen molar-refractivity contribution in [2.24, 2.45) is 17.8 Å². The summed E-state index contributed by atoms with van der Waals surface area (Å²) in [6, 6.07) is 0.217. The highest BCUT2D eigenvalue weighted by Gasteiger charge is 2.48. The van der Waals surface area contributed by atoms with Gasteiger partial charge in [0, 0.05) is 19.0 Å². The van der Waals surface area contributed by atoms with Crippen LogP contribution in [0.5, 0.6) is 0 Å². The fourth-order valence-corrected chi connectivity index (χ4v) is 4.49. The maximum Gasteiger partial charge on any atom is 0.245 e. The molecule has 1 saturated heterocycles. The average molecular weight is 262 g/mol. The Morgan fingerprint density at radius 2 is 1.79 bits per heavy atom. The van der Waals surface area contributed by atoms with E-state index in [1.165, 1.54) is 25.7 Å². The number of amides is 2. The van der Waals surface area contributed by atoms with Crippen molar-refractivity contribution in [3.63, 3.8) is 0 Å². The van der Waals surface area contributed by atoms with Crippen LogP contribution in [-0.2, 0) is 9.59 Å². The fourth-order valence-electron chi connectivity index (χ4n) is 4.49. The average Bonchev–Trinajstić information content (AvgIpc) is 3.06. The van der Waals surface area contributed by atoms with Crippen LogP contribution in [-0.4, -0.2) is 35.3 Å². The van der Waals surface area contributed by atoms with E-state index in [0.717, 1.165) is 18.8 Å². The van der Waals surface area contributed by atoms with E-state index in [1.807, 2.05) is 0 Å². The van der Waals surface area contributed by atoms with Gasteiger partial charge in [-0.05, 0) is 49.9 Å². The van der Waals surface area contributed by atoms with Crippen molar-refractivity contribution in [3.05, 3.63) is 0 Å². The lowest BCUT2D eigenvalue weighted by Gasteiger charge is -2.35. The van der Waals surface area contributed by atoms with Gasteiger partial charge in [0.2, 0.25) is 11.8 Å². The van der Waals surface area contributed by atoms with Gasteiger partial charge in [0.05, 0.1) is 0 Å². The monoisotopic (exact) mass is 262 g/mol. The molecule has 104 valence electrons. The van der Waals surface area contributed by atoms with Gasteiger partial charge in [-0.25, -0.2) is 0 Å². The molecular weight excluding hydrogens is 240 g/mol. The highest BCUT2D eigenvalue weighted by atomic mass is 16.2. The Hall–Kier alpha value is -1.06. The summed E-state index contributed by atoms with van der Waals surface area (Å²) in [5.41, 5.74) is 0. The number of rotatable bonds is 2. The minimum Gasteiger partial charge on any atom is -0.344 e. The van der Waals surface area contributed by atoms with E-state index in [1.54, 1.807) is 0 Å². The second kappa shape index (κ2) is 4.22. The van der Waals surface area contributed by atoms with Gasteiger partial charge >= 0.3 is 0 Å². The van der Waals surface area contributed by atoms with Crippen LogP contribution >= 0.6 is 0 Å². The number of fused-ring (bicyclic) bond motifs is 2. The van der Waals surface area contributed by atoms with Gasteiger partial charge in [0.25, 0.3) is 0 Å². The van der Waals surface area contributed by atoms with E-state index in [0.29, 0.717) is 30.8 Å². The first-order valence-electron chi connectivity index (χ1n) is 7.82. The molecule has 4 aliphatic rings. The summed E-state index contributed by atoms with van der Waals surface area (Å²) >= 11 is 0. The molecule has 19 heavy (non-hydrogen) atoms. The second-order valence-corrected chi connectivity index (χ2v) is 6.91. The lowest BCUT2D eigenvalue weighted by Crippen LogP contribution is -2.50. The molecule has 4 nitrogen and oxygen atoms in total. The van der Waals surface area contributed by atoms with E-state index < -0.39 is 0 Å². The van der Waals surface area contributed by atoms with Crippen LogP contribution in [0.15, 0.2) is 0 Å². The van der Waals surface area contributed by atoms with Gasteiger partial charge in [-0.3, -0.25) is 9.59 Å². The molecule has 4 heteroatoms. The second-order valence-electron chi connectivity index (χ2n) is 6.91. The highest BCUT2D eigenvalue weighted by molar-refractivity contribution is 5.90. The zero-order valence-corrected chi connectivity index (χ0v) is 11.3. The summed E-state index contributed by atoms with van der Waals surface area (Å²) in [6.07, 6.45) is 7.82. The zero-order valence-electron chi connectivity index (χ0n) is 11.3. The molecule has 1 aliphatic heterocycles. The molecule has 4 atom stereocenters. The number of carbonyl (C=O) groups is 2. The van der Waals surface area contributed by atoms with Crippen LogP contribution in [0.3, 0.4) is 0 Å². The Morgan fingerprint density at radius 3 is 2.42 bits per heavy atom. The van der Waals surface area contributed by atoms with E-state index >= 15 is 0 Å². The smallest absolute Gasteiger partial charge is 0.245 e. The molecular formula is C15H22N2O2. The van der Waals surface area contributed by atoms with Gasteiger partial charge in [-0.15, -0.1) is 0 Å². The molecule has 3 saturated carbocycles. The largest absolute Gasteiger partial charge is 0.344 e. The molecule has 0 aromatic rings. The van der Waals surface area contributed by atoms with Crippen LogP contribution < -0.4 is 5.32 Å². The summed E-state index contributed by atoms with van der Waals surface area (Å²) in [4.78, 5) is 26.6. The van der Waals surface area contributed by atoms with Gasteiger partial charge in [-0.1, -0.05) is 6.42 Å². The molecule has 0 aromatic carbocycles. The zero-order chi connectivity index (χ0) is 13.0. The van der Waals surface area contributed by atoms with E-state index in [-0.39, 0.29) is 17.9 Å². The Kier molecular flexibility index (Phi) is 2.61. The van der Waals surface area contributed by atoms with E-state index in [9.17, 15) is 9.59 Å². The van der Waals surface area contributed by atoms with E-state index in [2.05, 4.69) is 10.2 Å². The molecule has 1 N–H and O–H groups in total. The van der Waals surface area contributed by atoms with E-state index in [4.69, 9.17) is 0 Å². The van der Waals surface area contributed by atoms with Crippen molar-refractivity contribution < 1.29 is 9.59 Å². The van der Waals surface area contributed by atoms with Crippen LogP contribution in [0.2, 0.25) is 0 Å². The molecule has 3 aliphatic carbocycles. The summed E-state index contributed by atoms with van der Waals surface area (Å²) in [5, 5.41) is 2.96. The van der Waals surface area contributed by atoms with Crippen molar-refractivity contribution in [1.82, 2.24) is 10.2 Å². The topological polar surface area (TPSA) is 49.4 Å². The van der Waals surface area contributed by atoms with Crippen LogP contribution in [0, 0.1) is 17.8 Å². The quantitative estimate of drug-likeness (QED) is 0.815. The van der Waals surface area contributed by atoms with Crippen molar-refractivity contribution >= 4 is 11.8 Å². The third kappa shape index (κ3) is 1.96. The van der Waals surface area contributed by atoms with Crippen molar-refractivity contribution in [3.8, 4) is 0 Å². The van der Waals surface area contributed by atoms with Crippen molar-refractivity contribution in [2.45, 2.75) is 57.0 Å². The van der Waals surface area contributed by atoms with Crippen LogP contribution in [0.25, 0.3) is 0 Å². The maximum absolute atomic E-state index is 12.7. The number of nitrogens with one attached hydrogen (secondary N) is 1. The highest BCUT2D eigenvalue weighted by Crippen LogP contribution is 2.47. The Morgan fingerprint density at radius 1 is 1.00 bits per heavy atom. The number of nitrogens with zero attached hydrogens (tertiary/aromatic N) is 1. The molecule has 0 spiro atoms.